The standard InChI is InChI=1S/C23H23ClFN5OS/c1-6-14(10-13(3)8-9-26)29-21(31)23(4,5)30(22(29)32)15-11-16-19(17(25)12-15)27-18(7-2)28-20(16)24/h6,10-13H,1,7-8H2,2-5H3/b14-10+. The van der Waals surface area contributed by atoms with Crippen molar-refractivity contribution in [2.75, 3.05) is 4.90 Å². The molecule has 9 heteroatoms. The predicted molar refractivity (Wildman–Crippen MR) is 128 cm³/mol. The number of fused-ring (bicyclic) bond motifs is 1. The maximum atomic E-state index is 15.1. The first kappa shape index (κ1) is 23.8. The Hall–Kier alpha value is -2.89. The summed E-state index contributed by atoms with van der Waals surface area (Å²) in [5.74, 6) is -0.535. The van der Waals surface area contributed by atoms with Crippen molar-refractivity contribution in [2.24, 2.45) is 5.92 Å². The van der Waals surface area contributed by atoms with Gasteiger partial charge in [0.25, 0.3) is 5.91 Å². The molecule has 166 valence electrons. The van der Waals surface area contributed by atoms with Crippen molar-refractivity contribution in [3.05, 3.63) is 53.4 Å². The number of allylic oxidation sites excluding steroid dienone is 2. The van der Waals surface area contributed by atoms with Gasteiger partial charge in [0.15, 0.2) is 10.9 Å². The number of anilines is 1. The Kier molecular flexibility index (Phi) is 6.63. The van der Waals surface area contributed by atoms with Gasteiger partial charge in [0.05, 0.1) is 6.07 Å². The number of carbonyl (C=O) groups is 1. The molecule has 0 aliphatic carbocycles. The Bertz CT molecular complexity index is 1200. The van der Waals surface area contributed by atoms with Crippen molar-refractivity contribution in [3.8, 4) is 6.07 Å². The largest absolute Gasteiger partial charge is 0.303 e. The zero-order chi connectivity index (χ0) is 23.8. The summed E-state index contributed by atoms with van der Waals surface area (Å²) in [6.07, 6.45) is 4.10. The fraction of sp³-hybridized carbons (Fsp3) is 0.348. The molecular formula is C23H23ClFN5OS. The highest BCUT2D eigenvalue weighted by Crippen LogP contribution is 2.38. The average molecular weight is 472 g/mol. The molecule has 1 aliphatic rings. The molecular weight excluding hydrogens is 449 g/mol. The van der Waals surface area contributed by atoms with Gasteiger partial charge in [-0.3, -0.25) is 9.69 Å². The molecule has 0 radical (unpaired) electrons. The summed E-state index contributed by atoms with van der Waals surface area (Å²) in [5, 5.41) is 9.61. The van der Waals surface area contributed by atoms with Crippen LogP contribution in [0, 0.1) is 23.1 Å². The number of aromatic nitrogens is 2. The summed E-state index contributed by atoms with van der Waals surface area (Å²) in [7, 11) is 0. The predicted octanol–water partition coefficient (Wildman–Crippen LogP) is 5.32. The summed E-state index contributed by atoms with van der Waals surface area (Å²) in [6, 6.07) is 5.04. The minimum absolute atomic E-state index is 0.109. The lowest BCUT2D eigenvalue weighted by Gasteiger charge is -2.29. The van der Waals surface area contributed by atoms with E-state index in [1.807, 2.05) is 13.8 Å². The van der Waals surface area contributed by atoms with Gasteiger partial charge in [0.1, 0.15) is 22.0 Å². The quantitative estimate of drug-likeness (QED) is 0.322. The Morgan fingerprint density at radius 2 is 2.12 bits per heavy atom. The van der Waals surface area contributed by atoms with Crippen LogP contribution in [0.15, 0.2) is 36.6 Å². The molecule has 32 heavy (non-hydrogen) atoms. The topological polar surface area (TPSA) is 73.1 Å². The normalized spacial score (nSPS) is 17.1. The second kappa shape index (κ2) is 8.93. The van der Waals surface area contributed by atoms with Crippen LogP contribution in [0.1, 0.15) is 39.9 Å². The van der Waals surface area contributed by atoms with E-state index in [2.05, 4.69) is 22.6 Å². The zero-order valence-electron chi connectivity index (χ0n) is 18.3. The molecule has 3 rings (SSSR count). The van der Waals surface area contributed by atoms with Crippen molar-refractivity contribution in [2.45, 2.75) is 46.1 Å². The lowest BCUT2D eigenvalue weighted by molar-refractivity contribution is -0.128. The number of hydrogen-bond acceptors (Lipinski definition) is 5. The number of amides is 1. The Labute approximate surface area is 197 Å². The molecule has 0 saturated carbocycles. The smallest absolute Gasteiger partial charge is 0.259 e. The van der Waals surface area contributed by atoms with Gasteiger partial charge in [-0.1, -0.05) is 38.1 Å². The van der Waals surface area contributed by atoms with Gasteiger partial charge in [-0.25, -0.2) is 14.4 Å². The Morgan fingerprint density at radius 1 is 1.44 bits per heavy atom. The second-order valence-electron chi connectivity index (χ2n) is 8.06. The third-order valence-electron chi connectivity index (χ3n) is 5.32. The summed E-state index contributed by atoms with van der Waals surface area (Å²) in [6.45, 7) is 10.9. The van der Waals surface area contributed by atoms with Crippen LogP contribution in [0.2, 0.25) is 5.15 Å². The molecule has 1 aromatic heterocycles. The number of benzene rings is 1. The molecule has 1 aromatic carbocycles. The van der Waals surface area contributed by atoms with Gasteiger partial charge >= 0.3 is 0 Å². The maximum absolute atomic E-state index is 15.1. The molecule has 6 nitrogen and oxygen atoms in total. The van der Waals surface area contributed by atoms with E-state index in [0.29, 0.717) is 29.0 Å². The van der Waals surface area contributed by atoms with Crippen LogP contribution in [-0.2, 0) is 11.2 Å². The number of nitrogens with zero attached hydrogens (tertiary/aromatic N) is 5. The van der Waals surface area contributed by atoms with Crippen molar-refractivity contribution in [3.63, 3.8) is 0 Å². The fourth-order valence-electron chi connectivity index (χ4n) is 3.65. The number of carbonyl (C=O) groups excluding carboxylic acids is 1. The number of halogens is 2. The average Bonchev–Trinajstić information content (AvgIpc) is 2.91. The molecule has 1 atom stereocenters. The molecule has 0 bridgehead atoms. The third-order valence-corrected chi connectivity index (χ3v) is 5.97. The minimum atomic E-state index is -1.10. The molecule has 1 saturated heterocycles. The Balaban J connectivity index is 2.14. The van der Waals surface area contributed by atoms with Crippen LogP contribution in [0.25, 0.3) is 10.9 Å². The van der Waals surface area contributed by atoms with E-state index in [0.717, 1.165) is 0 Å². The van der Waals surface area contributed by atoms with E-state index in [9.17, 15) is 4.79 Å². The molecule has 1 fully saturated rings. The van der Waals surface area contributed by atoms with E-state index in [1.165, 1.54) is 17.0 Å². The molecule has 1 aliphatic heterocycles. The fourth-order valence-corrected chi connectivity index (χ4v) is 4.42. The van der Waals surface area contributed by atoms with Crippen LogP contribution in [0.3, 0.4) is 0 Å². The number of aryl methyl sites for hydroxylation is 1. The Morgan fingerprint density at radius 3 is 2.72 bits per heavy atom. The third kappa shape index (κ3) is 3.98. The highest BCUT2D eigenvalue weighted by molar-refractivity contribution is 7.80. The maximum Gasteiger partial charge on any atom is 0.259 e. The molecule has 2 heterocycles. The van der Waals surface area contributed by atoms with Crippen molar-refractivity contribution in [1.82, 2.24) is 14.9 Å². The van der Waals surface area contributed by atoms with Gasteiger partial charge in [-0.15, -0.1) is 0 Å². The second-order valence-corrected chi connectivity index (χ2v) is 8.78. The molecule has 1 amide bonds. The van der Waals surface area contributed by atoms with Crippen LogP contribution in [-0.4, -0.2) is 31.4 Å². The first-order valence-corrected chi connectivity index (χ1v) is 10.9. The van der Waals surface area contributed by atoms with E-state index in [-0.39, 0.29) is 34.0 Å². The van der Waals surface area contributed by atoms with Crippen molar-refractivity contribution < 1.29 is 9.18 Å². The summed E-state index contributed by atoms with van der Waals surface area (Å²) >= 11 is 12.0. The van der Waals surface area contributed by atoms with E-state index >= 15 is 4.39 Å². The monoisotopic (exact) mass is 471 g/mol. The molecule has 0 spiro atoms. The minimum Gasteiger partial charge on any atom is -0.303 e. The summed E-state index contributed by atoms with van der Waals surface area (Å²) < 4.78 is 15.1. The lowest BCUT2D eigenvalue weighted by atomic mass is 10.0. The van der Waals surface area contributed by atoms with Gasteiger partial charge in [-0.05, 0) is 50.2 Å². The summed E-state index contributed by atoms with van der Waals surface area (Å²) in [4.78, 5) is 24.8. The van der Waals surface area contributed by atoms with Crippen LogP contribution in [0.5, 0.6) is 0 Å². The van der Waals surface area contributed by atoms with Crippen molar-refractivity contribution in [1.29, 1.82) is 5.26 Å². The zero-order valence-corrected chi connectivity index (χ0v) is 19.9. The van der Waals surface area contributed by atoms with Gasteiger partial charge in [0.2, 0.25) is 0 Å². The first-order valence-electron chi connectivity index (χ1n) is 10.1. The highest BCUT2D eigenvalue weighted by atomic mass is 35.5. The number of rotatable bonds is 6. The van der Waals surface area contributed by atoms with E-state index in [4.69, 9.17) is 29.1 Å². The number of thiocarbonyl (C=S) groups is 1. The number of hydrogen-bond donors (Lipinski definition) is 0. The van der Waals surface area contributed by atoms with Crippen LogP contribution in [0.4, 0.5) is 10.1 Å². The number of nitriles is 1. The SMILES string of the molecule is C=C/C(=C\C(C)CC#N)N1C(=O)C(C)(C)N(c2cc(F)c3nc(CC)nc(Cl)c3c2)C1=S. The van der Waals surface area contributed by atoms with Crippen molar-refractivity contribution >= 4 is 51.4 Å². The van der Waals surface area contributed by atoms with E-state index in [1.54, 1.807) is 30.9 Å². The van der Waals surface area contributed by atoms with Gasteiger partial charge in [-0.2, -0.15) is 5.26 Å². The highest BCUT2D eigenvalue weighted by Gasteiger charge is 2.50. The molecule has 0 N–H and O–H groups in total. The first-order chi connectivity index (χ1) is 15.1. The van der Waals surface area contributed by atoms with Gasteiger partial charge < -0.3 is 4.90 Å². The molecule has 2 aromatic rings. The molecule has 1 unspecified atom stereocenters. The lowest BCUT2D eigenvalue weighted by Crippen LogP contribution is -2.44. The van der Waals surface area contributed by atoms with E-state index < -0.39 is 11.4 Å². The van der Waals surface area contributed by atoms with Gasteiger partial charge in [0, 0.05) is 29.6 Å². The summed E-state index contributed by atoms with van der Waals surface area (Å²) in [5.41, 5.74) is -0.139. The van der Waals surface area contributed by atoms with Crippen LogP contribution < -0.4 is 4.90 Å². The van der Waals surface area contributed by atoms with Crippen LogP contribution >= 0.6 is 23.8 Å².